The van der Waals surface area contributed by atoms with Crippen molar-refractivity contribution in [1.29, 1.82) is 0 Å². The summed E-state index contributed by atoms with van der Waals surface area (Å²) < 4.78 is 5.37. The summed E-state index contributed by atoms with van der Waals surface area (Å²) in [6.45, 7) is 2.71. The van der Waals surface area contributed by atoms with Crippen molar-refractivity contribution in [3.63, 3.8) is 0 Å². The van der Waals surface area contributed by atoms with Crippen molar-refractivity contribution in [1.82, 2.24) is 10.3 Å². The number of methoxy groups -OCH3 is 1. The second-order valence-electron chi connectivity index (χ2n) is 6.53. The first-order chi connectivity index (χ1) is 13.7. The number of amides is 1. The van der Waals surface area contributed by atoms with E-state index in [0.29, 0.717) is 5.69 Å². The molecule has 0 radical (unpaired) electrons. The van der Waals surface area contributed by atoms with E-state index in [1.807, 2.05) is 61.5 Å². The second kappa shape index (κ2) is 9.55. The van der Waals surface area contributed by atoms with Gasteiger partial charge in [-0.2, -0.15) is 0 Å². The lowest BCUT2D eigenvalue weighted by Gasteiger charge is -2.14. The van der Waals surface area contributed by atoms with E-state index >= 15 is 0 Å². The summed E-state index contributed by atoms with van der Waals surface area (Å²) in [7, 11) is 1.68. The van der Waals surface area contributed by atoms with Gasteiger partial charge >= 0.3 is 0 Å². The Bertz CT molecular complexity index is 895. The van der Waals surface area contributed by atoms with Crippen LogP contribution in [0, 0.1) is 0 Å². The van der Waals surface area contributed by atoms with Gasteiger partial charge in [0.25, 0.3) is 5.91 Å². The van der Waals surface area contributed by atoms with E-state index in [1.165, 1.54) is 0 Å². The molecular formula is C23H25N3O2. The van der Waals surface area contributed by atoms with Gasteiger partial charge in [-0.3, -0.25) is 4.79 Å². The van der Waals surface area contributed by atoms with Crippen molar-refractivity contribution in [3.05, 3.63) is 89.7 Å². The van der Waals surface area contributed by atoms with Crippen LogP contribution in [0.2, 0.25) is 0 Å². The van der Waals surface area contributed by atoms with Crippen molar-refractivity contribution in [2.75, 3.05) is 19.0 Å². The van der Waals surface area contributed by atoms with Crippen LogP contribution in [-0.4, -0.2) is 24.5 Å². The monoisotopic (exact) mass is 375 g/mol. The van der Waals surface area contributed by atoms with Crippen LogP contribution in [0.25, 0.3) is 0 Å². The van der Waals surface area contributed by atoms with E-state index in [0.717, 1.165) is 35.5 Å². The summed E-state index contributed by atoms with van der Waals surface area (Å²) >= 11 is 0. The minimum absolute atomic E-state index is 0.0749. The zero-order chi connectivity index (χ0) is 19.8. The summed E-state index contributed by atoms with van der Waals surface area (Å²) in [5, 5.41) is 6.30. The molecule has 1 amide bonds. The average molecular weight is 375 g/mol. The number of anilines is 1. The first-order valence-corrected chi connectivity index (χ1v) is 9.35. The Labute approximate surface area is 165 Å². The lowest BCUT2D eigenvalue weighted by atomic mass is 10.1. The first-order valence-electron chi connectivity index (χ1n) is 9.35. The highest BCUT2D eigenvalue weighted by Gasteiger charge is 2.12. The van der Waals surface area contributed by atoms with Gasteiger partial charge in [-0.1, -0.05) is 48.5 Å². The van der Waals surface area contributed by atoms with Crippen LogP contribution in [-0.2, 0) is 6.42 Å². The molecule has 3 aromatic rings. The fourth-order valence-corrected chi connectivity index (χ4v) is 2.98. The fourth-order valence-electron chi connectivity index (χ4n) is 2.98. The Balaban J connectivity index is 1.52. The number of aromatic nitrogens is 1. The van der Waals surface area contributed by atoms with Crippen molar-refractivity contribution in [3.8, 4) is 5.75 Å². The molecule has 0 bridgehead atoms. The molecule has 3 rings (SSSR count). The third-order valence-corrected chi connectivity index (χ3v) is 4.56. The van der Waals surface area contributed by atoms with Gasteiger partial charge in [-0.05, 0) is 42.7 Å². The number of pyridine rings is 1. The van der Waals surface area contributed by atoms with Gasteiger partial charge in [-0.25, -0.2) is 4.98 Å². The molecule has 0 saturated heterocycles. The fraction of sp³-hybridized carbons (Fsp3) is 0.217. The van der Waals surface area contributed by atoms with Crippen LogP contribution in [0.1, 0.15) is 34.6 Å². The largest absolute Gasteiger partial charge is 0.496 e. The molecule has 1 unspecified atom stereocenters. The van der Waals surface area contributed by atoms with Gasteiger partial charge in [-0.15, -0.1) is 0 Å². The number of hydrogen-bond donors (Lipinski definition) is 2. The van der Waals surface area contributed by atoms with Gasteiger partial charge in [0.2, 0.25) is 0 Å². The lowest BCUT2D eigenvalue weighted by molar-refractivity contribution is 0.0935. The predicted molar refractivity (Wildman–Crippen MR) is 112 cm³/mol. The molecule has 1 atom stereocenters. The van der Waals surface area contributed by atoms with Crippen molar-refractivity contribution in [2.24, 2.45) is 0 Å². The molecule has 1 heterocycles. The standard InChI is InChI=1S/C23H25N3O2/c1-17(18-8-4-3-5-9-18)26-23(27)21-13-12-20(16-25-21)24-15-14-19-10-6-7-11-22(19)28-2/h3-13,16-17,24H,14-15H2,1-2H3,(H,26,27). The van der Waals surface area contributed by atoms with E-state index in [-0.39, 0.29) is 11.9 Å². The summed E-state index contributed by atoms with van der Waals surface area (Å²) in [4.78, 5) is 16.7. The Kier molecular flexibility index (Phi) is 6.63. The Morgan fingerprint density at radius 3 is 2.50 bits per heavy atom. The number of carbonyl (C=O) groups excluding carboxylic acids is 1. The number of rotatable bonds is 8. The molecule has 0 aliphatic carbocycles. The molecule has 1 aromatic heterocycles. The normalized spacial score (nSPS) is 11.5. The summed E-state index contributed by atoms with van der Waals surface area (Å²) in [5.74, 6) is 0.707. The summed E-state index contributed by atoms with van der Waals surface area (Å²) in [6, 6.07) is 21.4. The van der Waals surface area contributed by atoms with Crippen LogP contribution in [0.3, 0.4) is 0 Å². The molecule has 0 spiro atoms. The van der Waals surface area contributed by atoms with Crippen LogP contribution in [0.5, 0.6) is 5.75 Å². The molecule has 0 saturated carbocycles. The number of nitrogens with zero attached hydrogens (tertiary/aromatic N) is 1. The molecule has 144 valence electrons. The van der Waals surface area contributed by atoms with E-state index < -0.39 is 0 Å². The molecule has 28 heavy (non-hydrogen) atoms. The highest BCUT2D eigenvalue weighted by Crippen LogP contribution is 2.18. The minimum Gasteiger partial charge on any atom is -0.496 e. The molecule has 0 fully saturated rings. The smallest absolute Gasteiger partial charge is 0.270 e. The van der Waals surface area contributed by atoms with Crippen molar-refractivity contribution in [2.45, 2.75) is 19.4 Å². The van der Waals surface area contributed by atoms with Gasteiger partial charge < -0.3 is 15.4 Å². The lowest BCUT2D eigenvalue weighted by Crippen LogP contribution is -2.27. The Morgan fingerprint density at radius 1 is 1.04 bits per heavy atom. The molecule has 5 heteroatoms. The topological polar surface area (TPSA) is 63.2 Å². The van der Waals surface area contributed by atoms with Crippen molar-refractivity contribution < 1.29 is 9.53 Å². The highest BCUT2D eigenvalue weighted by atomic mass is 16.5. The van der Waals surface area contributed by atoms with Crippen LogP contribution in [0.15, 0.2) is 72.9 Å². The van der Waals surface area contributed by atoms with E-state index in [1.54, 1.807) is 19.4 Å². The zero-order valence-electron chi connectivity index (χ0n) is 16.2. The van der Waals surface area contributed by atoms with E-state index in [2.05, 4.69) is 21.7 Å². The molecule has 2 aromatic carbocycles. The summed E-state index contributed by atoms with van der Waals surface area (Å²) in [5.41, 5.74) is 3.49. The van der Waals surface area contributed by atoms with E-state index in [4.69, 9.17) is 4.74 Å². The predicted octanol–water partition coefficient (Wildman–Crippen LogP) is 4.24. The van der Waals surface area contributed by atoms with Gasteiger partial charge in [0, 0.05) is 6.54 Å². The number of ether oxygens (including phenoxy) is 1. The van der Waals surface area contributed by atoms with Crippen LogP contribution in [0.4, 0.5) is 5.69 Å². The van der Waals surface area contributed by atoms with Gasteiger partial charge in [0.05, 0.1) is 25.0 Å². The molecule has 2 N–H and O–H groups in total. The average Bonchev–Trinajstić information content (AvgIpc) is 2.75. The second-order valence-corrected chi connectivity index (χ2v) is 6.53. The number of carbonyl (C=O) groups is 1. The quantitative estimate of drug-likeness (QED) is 0.618. The van der Waals surface area contributed by atoms with Crippen molar-refractivity contribution >= 4 is 11.6 Å². The Hall–Kier alpha value is -3.34. The van der Waals surface area contributed by atoms with Gasteiger partial charge in [0.1, 0.15) is 11.4 Å². The maximum absolute atomic E-state index is 12.4. The summed E-state index contributed by atoms with van der Waals surface area (Å²) in [6.07, 6.45) is 2.52. The zero-order valence-corrected chi connectivity index (χ0v) is 16.2. The van der Waals surface area contributed by atoms with Crippen LogP contribution >= 0.6 is 0 Å². The third-order valence-electron chi connectivity index (χ3n) is 4.56. The number of nitrogens with one attached hydrogen (secondary N) is 2. The van der Waals surface area contributed by atoms with Gasteiger partial charge in [0.15, 0.2) is 0 Å². The Morgan fingerprint density at radius 2 is 1.79 bits per heavy atom. The molecule has 0 aliphatic heterocycles. The van der Waals surface area contributed by atoms with E-state index in [9.17, 15) is 4.79 Å². The van der Waals surface area contributed by atoms with Crippen LogP contribution < -0.4 is 15.4 Å². The SMILES string of the molecule is COc1ccccc1CCNc1ccc(C(=O)NC(C)c2ccccc2)nc1. The number of benzene rings is 2. The molecule has 0 aliphatic rings. The number of para-hydroxylation sites is 1. The maximum atomic E-state index is 12.4. The molecule has 5 nitrogen and oxygen atoms in total. The highest BCUT2D eigenvalue weighted by molar-refractivity contribution is 5.92. The first kappa shape index (κ1) is 19.4. The minimum atomic E-state index is -0.183. The maximum Gasteiger partial charge on any atom is 0.270 e. The molecular weight excluding hydrogens is 350 g/mol. The third kappa shape index (κ3) is 5.10. The number of hydrogen-bond acceptors (Lipinski definition) is 4.